The molecule has 2 aromatic heterocycles. The van der Waals surface area contributed by atoms with Gasteiger partial charge in [-0.25, -0.2) is 9.97 Å². The van der Waals surface area contributed by atoms with Gasteiger partial charge >= 0.3 is 0 Å². The molecule has 4 heteroatoms. The van der Waals surface area contributed by atoms with Gasteiger partial charge in [0.25, 0.3) is 0 Å². The van der Waals surface area contributed by atoms with Crippen LogP contribution in [0.1, 0.15) is 25.0 Å². The fourth-order valence-corrected chi connectivity index (χ4v) is 4.10. The van der Waals surface area contributed by atoms with Crippen LogP contribution in [0.2, 0.25) is 0 Å². The molecule has 0 spiro atoms. The number of anilines is 1. The summed E-state index contributed by atoms with van der Waals surface area (Å²) in [5.74, 6) is 2.02. The summed E-state index contributed by atoms with van der Waals surface area (Å²) in [7, 11) is 0. The number of piperidine rings is 1. The van der Waals surface area contributed by atoms with E-state index in [2.05, 4.69) is 70.8 Å². The molecule has 0 amide bonds. The van der Waals surface area contributed by atoms with Crippen molar-refractivity contribution in [3.05, 3.63) is 72.4 Å². The van der Waals surface area contributed by atoms with E-state index < -0.39 is 0 Å². The van der Waals surface area contributed by atoms with Crippen LogP contribution in [0, 0.1) is 6.92 Å². The molecule has 0 saturated carbocycles. The molecule has 3 heterocycles. The summed E-state index contributed by atoms with van der Waals surface area (Å²) in [5, 5.41) is 0. The van der Waals surface area contributed by atoms with Crippen LogP contribution in [-0.4, -0.2) is 27.5 Å². The molecule has 5 rings (SSSR count). The van der Waals surface area contributed by atoms with Gasteiger partial charge in [-0.1, -0.05) is 60.7 Å². The quantitative estimate of drug-likeness (QED) is 0.488. The molecule has 1 aliphatic heterocycles. The van der Waals surface area contributed by atoms with Crippen molar-refractivity contribution in [2.75, 3.05) is 18.0 Å². The van der Waals surface area contributed by atoms with Crippen LogP contribution in [0.4, 0.5) is 5.82 Å². The molecular formula is C24H24N4. The van der Waals surface area contributed by atoms with E-state index in [9.17, 15) is 0 Å². The highest BCUT2D eigenvalue weighted by atomic mass is 15.2. The van der Waals surface area contributed by atoms with Gasteiger partial charge in [0.2, 0.25) is 0 Å². The number of nitrogens with zero attached hydrogens (tertiary/aromatic N) is 4. The molecule has 2 aromatic carbocycles. The summed E-state index contributed by atoms with van der Waals surface area (Å²) in [6.07, 6.45) is 3.80. The maximum Gasteiger partial charge on any atom is 0.167 e. The van der Waals surface area contributed by atoms with E-state index >= 15 is 0 Å². The van der Waals surface area contributed by atoms with Crippen molar-refractivity contribution in [3.63, 3.8) is 0 Å². The van der Waals surface area contributed by atoms with Gasteiger partial charge < -0.3 is 4.90 Å². The first-order valence-electron chi connectivity index (χ1n) is 10.1. The Kier molecular flexibility index (Phi) is 4.32. The summed E-state index contributed by atoms with van der Waals surface area (Å²) in [4.78, 5) is 12.6. The second-order valence-electron chi connectivity index (χ2n) is 7.48. The Morgan fingerprint density at radius 2 is 1.39 bits per heavy atom. The first-order chi connectivity index (χ1) is 13.8. The Balaban J connectivity index is 1.76. The van der Waals surface area contributed by atoms with Crippen molar-refractivity contribution in [3.8, 4) is 22.6 Å². The zero-order valence-electron chi connectivity index (χ0n) is 16.2. The normalized spacial score (nSPS) is 14.5. The lowest BCUT2D eigenvalue weighted by Crippen LogP contribution is -2.30. The van der Waals surface area contributed by atoms with Crippen molar-refractivity contribution in [2.45, 2.75) is 26.2 Å². The summed E-state index contributed by atoms with van der Waals surface area (Å²) in [6.45, 7) is 4.33. The predicted molar refractivity (Wildman–Crippen MR) is 115 cm³/mol. The Hall–Kier alpha value is -3.14. The number of benzene rings is 2. The van der Waals surface area contributed by atoms with Crippen LogP contribution in [-0.2, 0) is 0 Å². The van der Waals surface area contributed by atoms with Gasteiger partial charge in [-0.05, 0) is 26.2 Å². The first kappa shape index (κ1) is 17.0. The monoisotopic (exact) mass is 368 g/mol. The minimum atomic E-state index is 0.936. The van der Waals surface area contributed by atoms with E-state index in [0.717, 1.165) is 47.2 Å². The zero-order valence-corrected chi connectivity index (χ0v) is 16.2. The van der Waals surface area contributed by atoms with Crippen molar-refractivity contribution in [1.29, 1.82) is 0 Å². The van der Waals surface area contributed by atoms with Gasteiger partial charge in [-0.2, -0.15) is 0 Å². The number of fused-ring (bicyclic) bond motifs is 1. The molecule has 1 fully saturated rings. The molecule has 28 heavy (non-hydrogen) atoms. The lowest BCUT2D eigenvalue weighted by Gasteiger charge is -2.28. The minimum Gasteiger partial charge on any atom is -0.356 e. The molecule has 4 nitrogen and oxygen atoms in total. The number of hydrogen-bond donors (Lipinski definition) is 0. The van der Waals surface area contributed by atoms with Crippen LogP contribution in [0.3, 0.4) is 0 Å². The number of rotatable bonds is 3. The Morgan fingerprint density at radius 3 is 2.07 bits per heavy atom. The average Bonchev–Trinajstić information content (AvgIpc) is 3.16. The number of imidazole rings is 1. The van der Waals surface area contributed by atoms with Crippen LogP contribution in [0.5, 0.6) is 0 Å². The predicted octanol–water partition coefficient (Wildman–Crippen LogP) is 5.36. The highest BCUT2D eigenvalue weighted by Gasteiger charge is 2.20. The van der Waals surface area contributed by atoms with Gasteiger partial charge in [-0.15, -0.1) is 0 Å². The number of aromatic nitrogens is 3. The first-order valence-corrected chi connectivity index (χ1v) is 10.1. The Bertz CT molecular complexity index is 1090. The largest absolute Gasteiger partial charge is 0.356 e. The van der Waals surface area contributed by atoms with Gasteiger partial charge in [0.05, 0.1) is 0 Å². The SMILES string of the molecule is Cc1cc(N2CCCCC2)nc2c(-c3ccccc3)nc(-c3ccccc3)n12. The van der Waals surface area contributed by atoms with Crippen LogP contribution in [0.25, 0.3) is 28.3 Å². The van der Waals surface area contributed by atoms with Gasteiger partial charge in [0.1, 0.15) is 17.3 Å². The Morgan fingerprint density at radius 1 is 0.750 bits per heavy atom. The molecule has 0 radical (unpaired) electrons. The lowest BCUT2D eigenvalue weighted by atomic mass is 10.1. The minimum absolute atomic E-state index is 0.936. The third-order valence-electron chi connectivity index (χ3n) is 5.52. The maximum absolute atomic E-state index is 5.11. The van der Waals surface area contributed by atoms with Gasteiger partial charge in [0.15, 0.2) is 5.65 Å². The molecule has 0 atom stereocenters. The summed E-state index contributed by atoms with van der Waals surface area (Å²) in [5.41, 5.74) is 5.26. The fraction of sp³-hybridized carbons (Fsp3) is 0.250. The van der Waals surface area contributed by atoms with Crippen molar-refractivity contribution in [1.82, 2.24) is 14.4 Å². The second kappa shape index (κ2) is 7.12. The van der Waals surface area contributed by atoms with Gasteiger partial charge in [-0.3, -0.25) is 4.40 Å². The standard InChI is InChI=1S/C24H24N4/c1-18-17-21(27-15-9-4-10-16-27)25-24-22(19-11-5-2-6-12-19)26-23(28(18)24)20-13-7-3-8-14-20/h2-3,5-8,11-14,17H,4,9-10,15-16H2,1H3. The zero-order chi connectivity index (χ0) is 18.9. The van der Waals surface area contributed by atoms with E-state index in [1.807, 2.05) is 12.1 Å². The van der Waals surface area contributed by atoms with Crippen molar-refractivity contribution < 1.29 is 0 Å². The smallest absolute Gasteiger partial charge is 0.167 e. The van der Waals surface area contributed by atoms with Crippen LogP contribution < -0.4 is 4.90 Å². The molecule has 4 aromatic rings. The summed E-state index contributed by atoms with van der Waals surface area (Å²) >= 11 is 0. The van der Waals surface area contributed by atoms with E-state index in [4.69, 9.17) is 9.97 Å². The third-order valence-corrected chi connectivity index (χ3v) is 5.52. The van der Waals surface area contributed by atoms with Crippen molar-refractivity contribution >= 4 is 11.5 Å². The molecule has 140 valence electrons. The number of aryl methyl sites for hydroxylation is 1. The molecule has 0 aliphatic carbocycles. The summed E-state index contributed by atoms with van der Waals surface area (Å²) < 4.78 is 2.20. The summed E-state index contributed by atoms with van der Waals surface area (Å²) in [6, 6.07) is 23.0. The topological polar surface area (TPSA) is 33.4 Å². The van der Waals surface area contributed by atoms with Crippen LogP contribution >= 0.6 is 0 Å². The highest BCUT2D eigenvalue weighted by Crippen LogP contribution is 2.32. The molecule has 0 bridgehead atoms. The lowest BCUT2D eigenvalue weighted by molar-refractivity contribution is 0.573. The molecule has 1 aliphatic rings. The fourth-order valence-electron chi connectivity index (χ4n) is 4.10. The molecular weight excluding hydrogens is 344 g/mol. The third kappa shape index (κ3) is 2.95. The molecule has 0 unspecified atom stereocenters. The number of hydrogen-bond acceptors (Lipinski definition) is 3. The highest BCUT2D eigenvalue weighted by molar-refractivity contribution is 5.80. The maximum atomic E-state index is 5.11. The van der Waals surface area contributed by atoms with Gasteiger partial charge in [0, 0.05) is 36.0 Å². The van der Waals surface area contributed by atoms with Crippen molar-refractivity contribution in [2.24, 2.45) is 0 Å². The van der Waals surface area contributed by atoms with Crippen LogP contribution in [0.15, 0.2) is 66.7 Å². The van der Waals surface area contributed by atoms with E-state index in [1.54, 1.807) is 0 Å². The second-order valence-corrected chi connectivity index (χ2v) is 7.48. The van der Waals surface area contributed by atoms with E-state index in [-0.39, 0.29) is 0 Å². The average molecular weight is 368 g/mol. The Labute approximate surface area is 165 Å². The van der Waals surface area contributed by atoms with E-state index in [0.29, 0.717) is 0 Å². The van der Waals surface area contributed by atoms with E-state index in [1.165, 1.54) is 25.0 Å². The molecule has 1 saturated heterocycles. The molecule has 0 N–H and O–H groups in total.